The van der Waals surface area contributed by atoms with Gasteiger partial charge in [-0.15, -0.1) is 0 Å². The number of amides is 1. The molecule has 0 bridgehead atoms. The number of carbonyl (C=O) groups excluding carboxylic acids is 1. The highest BCUT2D eigenvalue weighted by molar-refractivity contribution is 5.91. The SMILES string of the molecule is CCCCCC/C=C/C=C(\C)C(N)=O. The van der Waals surface area contributed by atoms with Crippen LogP contribution in [0.5, 0.6) is 0 Å². The molecule has 0 spiro atoms. The van der Waals surface area contributed by atoms with Gasteiger partial charge in [0.25, 0.3) is 0 Å². The highest BCUT2D eigenvalue weighted by atomic mass is 16.1. The first-order valence-corrected chi connectivity index (χ1v) is 5.31. The summed E-state index contributed by atoms with van der Waals surface area (Å²) >= 11 is 0. The lowest BCUT2D eigenvalue weighted by molar-refractivity contribution is -0.114. The molecule has 2 N–H and O–H groups in total. The minimum atomic E-state index is -0.347. The van der Waals surface area contributed by atoms with E-state index in [2.05, 4.69) is 13.0 Å². The molecule has 0 aromatic carbocycles. The zero-order valence-electron chi connectivity index (χ0n) is 9.25. The van der Waals surface area contributed by atoms with E-state index in [0.29, 0.717) is 5.57 Å². The van der Waals surface area contributed by atoms with Crippen molar-refractivity contribution in [3.05, 3.63) is 23.8 Å². The number of nitrogens with two attached hydrogens (primary N) is 1. The Bertz CT molecular complexity index is 216. The van der Waals surface area contributed by atoms with Crippen molar-refractivity contribution >= 4 is 5.91 Å². The molecule has 80 valence electrons. The molecule has 0 aliphatic carbocycles. The Morgan fingerprint density at radius 1 is 1.29 bits per heavy atom. The van der Waals surface area contributed by atoms with Crippen molar-refractivity contribution < 1.29 is 4.79 Å². The lowest BCUT2D eigenvalue weighted by Gasteiger charge is -1.93. The van der Waals surface area contributed by atoms with Crippen LogP contribution in [0.2, 0.25) is 0 Å². The highest BCUT2D eigenvalue weighted by Crippen LogP contribution is 2.03. The molecule has 0 unspecified atom stereocenters. The largest absolute Gasteiger partial charge is 0.366 e. The van der Waals surface area contributed by atoms with Gasteiger partial charge in [0.2, 0.25) is 5.91 Å². The van der Waals surface area contributed by atoms with Crippen LogP contribution in [-0.2, 0) is 4.79 Å². The first-order chi connectivity index (χ1) is 6.68. The van der Waals surface area contributed by atoms with Gasteiger partial charge in [-0.25, -0.2) is 0 Å². The van der Waals surface area contributed by atoms with Crippen LogP contribution in [0.1, 0.15) is 46.0 Å². The summed E-state index contributed by atoms with van der Waals surface area (Å²) in [5.41, 5.74) is 5.68. The van der Waals surface area contributed by atoms with E-state index in [0.717, 1.165) is 6.42 Å². The fourth-order valence-corrected chi connectivity index (χ4v) is 1.08. The maximum atomic E-state index is 10.6. The average Bonchev–Trinajstić information content (AvgIpc) is 2.16. The molecule has 0 aromatic rings. The van der Waals surface area contributed by atoms with Gasteiger partial charge in [0.05, 0.1) is 0 Å². The molecule has 0 aliphatic heterocycles. The maximum Gasteiger partial charge on any atom is 0.244 e. The Kier molecular flexibility index (Phi) is 7.90. The summed E-state index contributed by atoms with van der Waals surface area (Å²) in [6.45, 7) is 3.93. The molecule has 1 amide bonds. The molecule has 2 nitrogen and oxygen atoms in total. The van der Waals surface area contributed by atoms with Crippen molar-refractivity contribution in [1.29, 1.82) is 0 Å². The van der Waals surface area contributed by atoms with Crippen molar-refractivity contribution in [1.82, 2.24) is 0 Å². The van der Waals surface area contributed by atoms with Gasteiger partial charge in [-0.3, -0.25) is 4.79 Å². The Hall–Kier alpha value is -1.05. The summed E-state index contributed by atoms with van der Waals surface area (Å²) in [6, 6.07) is 0. The average molecular weight is 195 g/mol. The topological polar surface area (TPSA) is 43.1 Å². The van der Waals surface area contributed by atoms with E-state index in [1.54, 1.807) is 13.0 Å². The van der Waals surface area contributed by atoms with E-state index in [9.17, 15) is 4.79 Å². The molecule has 0 saturated carbocycles. The molecule has 0 fully saturated rings. The Labute approximate surface area is 86.9 Å². The zero-order valence-corrected chi connectivity index (χ0v) is 9.25. The third kappa shape index (κ3) is 7.59. The quantitative estimate of drug-likeness (QED) is 0.379. The molecule has 0 radical (unpaired) electrons. The normalized spacial score (nSPS) is 12.3. The fraction of sp³-hybridized carbons (Fsp3) is 0.583. The Morgan fingerprint density at radius 2 is 2.00 bits per heavy atom. The van der Waals surface area contributed by atoms with Gasteiger partial charge >= 0.3 is 0 Å². The fourth-order valence-electron chi connectivity index (χ4n) is 1.08. The second kappa shape index (κ2) is 8.54. The Balaban J connectivity index is 3.53. The summed E-state index contributed by atoms with van der Waals surface area (Å²) in [4.78, 5) is 10.6. The van der Waals surface area contributed by atoms with Crippen LogP contribution < -0.4 is 5.73 Å². The van der Waals surface area contributed by atoms with Gasteiger partial charge in [0.15, 0.2) is 0 Å². The summed E-state index contributed by atoms with van der Waals surface area (Å²) in [6.07, 6.45) is 11.9. The molecule has 0 atom stereocenters. The van der Waals surface area contributed by atoms with Crippen LogP contribution in [0, 0.1) is 0 Å². The number of hydrogen-bond donors (Lipinski definition) is 1. The predicted octanol–water partition coefficient (Wildman–Crippen LogP) is 2.94. The molecule has 0 aliphatic rings. The number of primary amides is 1. The molecule has 0 aromatic heterocycles. The molecular formula is C12H21NO. The molecule has 14 heavy (non-hydrogen) atoms. The van der Waals surface area contributed by atoms with Crippen molar-refractivity contribution in [3.63, 3.8) is 0 Å². The van der Waals surface area contributed by atoms with E-state index < -0.39 is 0 Å². The van der Waals surface area contributed by atoms with Crippen molar-refractivity contribution in [2.45, 2.75) is 46.0 Å². The van der Waals surface area contributed by atoms with Crippen LogP contribution >= 0.6 is 0 Å². The smallest absolute Gasteiger partial charge is 0.244 e. The lowest BCUT2D eigenvalue weighted by Crippen LogP contribution is -2.11. The molecule has 2 heteroatoms. The standard InChI is InChI=1S/C12H21NO/c1-3-4-5-6-7-8-9-10-11(2)12(13)14/h8-10H,3-7H2,1-2H3,(H2,13,14)/b9-8+,11-10+. The van der Waals surface area contributed by atoms with Crippen LogP contribution in [0.25, 0.3) is 0 Å². The maximum absolute atomic E-state index is 10.6. The summed E-state index contributed by atoms with van der Waals surface area (Å²) in [7, 11) is 0. The van der Waals surface area contributed by atoms with Gasteiger partial charge in [-0.2, -0.15) is 0 Å². The minimum absolute atomic E-state index is 0.347. The summed E-state index contributed by atoms with van der Waals surface area (Å²) in [5.74, 6) is -0.347. The van der Waals surface area contributed by atoms with E-state index in [4.69, 9.17) is 5.73 Å². The summed E-state index contributed by atoms with van der Waals surface area (Å²) in [5, 5.41) is 0. The van der Waals surface area contributed by atoms with Crippen LogP contribution in [0.3, 0.4) is 0 Å². The van der Waals surface area contributed by atoms with E-state index in [1.807, 2.05) is 6.08 Å². The first-order valence-electron chi connectivity index (χ1n) is 5.31. The predicted molar refractivity (Wildman–Crippen MR) is 60.9 cm³/mol. The van der Waals surface area contributed by atoms with Gasteiger partial charge < -0.3 is 5.73 Å². The van der Waals surface area contributed by atoms with Crippen molar-refractivity contribution in [2.24, 2.45) is 5.73 Å². The first kappa shape index (κ1) is 12.9. The number of rotatable bonds is 7. The van der Waals surface area contributed by atoms with Crippen molar-refractivity contribution in [3.8, 4) is 0 Å². The number of allylic oxidation sites excluding steroid dienone is 3. The molecule has 0 rings (SSSR count). The second-order valence-electron chi connectivity index (χ2n) is 3.49. The molecular weight excluding hydrogens is 174 g/mol. The third-order valence-corrected chi connectivity index (χ3v) is 2.10. The lowest BCUT2D eigenvalue weighted by atomic mass is 10.1. The Morgan fingerprint density at radius 3 is 2.57 bits per heavy atom. The van der Waals surface area contributed by atoms with Gasteiger partial charge in [0, 0.05) is 5.57 Å². The van der Waals surface area contributed by atoms with Crippen LogP contribution in [0.15, 0.2) is 23.8 Å². The number of carbonyl (C=O) groups is 1. The minimum Gasteiger partial charge on any atom is -0.366 e. The molecule has 0 saturated heterocycles. The van der Waals surface area contributed by atoms with Gasteiger partial charge in [0.1, 0.15) is 0 Å². The third-order valence-electron chi connectivity index (χ3n) is 2.10. The van der Waals surface area contributed by atoms with Gasteiger partial charge in [-0.05, 0) is 19.8 Å². The van der Waals surface area contributed by atoms with E-state index >= 15 is 0 Å². The number of unbranched alkanes of at least 4 members (excludes halogenated alkanes) is 4. The van der Waals surface area contributed by atoms with Crippen LogP contribution in [-0.4, -0.2) is 5.91 Å². The highest BCUT2D eigenvalue weighted by Gasteiger charge is 1.92. The monoisotopic (exact) mass is 195 g/mol. The van der Waals surface area contributed by atoms with E-state index in [-0.39, 0.29) is 5.91 Å². The van der Waals surface area contributed by atoms with Crippen molar-refractivity contribution in [2.75, 3.05) is 0 Å². The number of hydrogen-bond acceptors (Lipinski definition) is 1. The molecule has 0 heterocycles. The van der Waals surface area contributed by atoms with Crippen LogP contribution in [0.4, 0.5) is 0 Å². The van der Waals surface area contributed by atoms with Gasteiger partial charge in [-0.1, -0.05) is 44.4 Å². The van der Waals surface area contributed by atoms with E-state index in [1.165, 1.54) is 25.7 Å². The zero-order chi connectivity index (χ0) is 10.8. The second-order valence-corrected chi connectivity index (χ2v) is 3.49. The summed E-state index contributed by atoms with van der Waals surface area (Å²) < 4.78 is 0.